The van der Waals surface area contributed by atoms with E-state index >= 15 is 0 Å². The highest BCUT2D eigenvalue weighted by atomic mass is 16.1. The molecule has 0 unspecified atom stereocenters. The van der Waals surface area contributed by atoms with E-state index < -0.39 is 0 Å². The van der Waals surface area contributed by atoms with Gasteiger partial charge in [0.05, 0.1) is 0 Å². The third-order valence-corrected chi connectivity index (χ3v) is 3.49. The SMILES string of the molecule is CCCCCCCCCCCNCCCC(=O)NC. The van der Waals surface area contributed by atoms with E-state index in [0.29, 0.717) is 6.42 Å². The van der Waals surface area contributed by atoms with Gasteiger partial charge >= 0.3 is 0 Å². The quantitative estimate of drug-likeness (QED) is 0.473. The Morgan fingerprint density at radius 2 is 1.32 bits per heavy atom. The standard InChI is InChI=1S/C16H34N2O/c1-3-4-5-6-7-8-9-10-11-14-18-15-12-13-16(19)17-2/h18H,3-15H2,1-2H3,(H,17,19). The summed E-state index contributed by atoms with van der Waals surface area (Å²) >= 11 is 0. The molecule has 0 aliphatic carbocycles. The molecule has 0 saturated carbocycles. The lowest BCUT2D eigenvalue weighted by atomic mass is 10.1. The predicted octanol–water partition coefficient (Wildman–Crippen LogP) is 3.63. The first-order valence-corrected chi connectivity index (χ1v) is 8.22. The Morgan fingerprint density at radius 1 is 0.789 bits per heavy atom. The van der Waals surface area contributed by atoms with Crippen molar-refractivity contribution in [3.05, 3.63) is 0 Å². The Bertz CT molecular complexity index is 195. The number of hydrogen-bond acceptors (Lipinski definition) is 2. The van der Waals surface area contributed by atoms with Crippen molar-refractivity contribution in [2.45, 2.75) is 77.6 Å². The van der Waals surface area contributed by atoms with Crippen molar-refractivity contribution < 1.29 is 4.79 Å². The average Bonchev–Trinajstić information content (AvgIpc) is 2.43. The summed E-state index contributed by atoms with van der Waals surface area (Å²) < 4.78 is 0. The zero-order valence-electron chi connectivity index (χ0n) is 13.1. The molecule has 0 aromatic carbocycles. The molecule has 0 heterocycles. The van der Waals surface area contributed by atoms with E-state index in [4.69, 9.17) is 0 Å². The maximum Gasteiger partial charge on any atom is 0.219 e. The van der Waals surface area contributed by atoms with Crippen LogP contribution in [0.4, 0.5) is 0 Å². The summed E-state index contributed by atoms with van der Waals surface area (Å²) in [4.78, 5) is 11.0. The van der Waals surface area contributed by atoms with Crippen molar-refractivity contribution >= 4 is 5.91 Å². The van der Waals surface area contributed by atoms with Gasteiger partial charge in [0.15, 0.2) is 0 Å². The molecule has 19 heavy (non-hydrogen) atoms. The number of unbranched alkanes of at least 4 members (excludes halogenated alkanes) is 8. The first-order chi connectivity index (χ1) is 9.31. The van der Waals surface area contributed by atoms with Crippen molar-refractivity contribution in [2.75, 3.05) is 20.1 Å². The van der Waals surface area contributed by atoms with Gasteiger partial charge in [-0.05, 0) is 25.9 Å². The lowest BCUT2D eigenvalue weighted by Crippen LogP contribution is -2.21. The summed E-state index contributed by atoms with van der Waals surface area (Å²) in [6.45, 7) is 4.33. The molecule has 0 rings (SSSR count). The molecule has 0 spiro atoms. The Labute approximate surface area is 119 Å². The van der Waals surface area contributed by atoms with Gasteiger partial charge in [0.25, 0.3) is 0 Å². The molecule has 0 aliphatic rings. The van der Waals surface area contributed by atoms with E-state index in [1.807, 2.05) is 0 Å². The van der Waals surface area contributed by atoms with E-state index in [1.54, 1.807) is 7.05 Å². The maximum absolute atomic E-state index is 11.0. The second-order valence-corrected chi connectivity index (χ2v) is 5.36. The van der Waals surface area contributed by atoms with Crippen LogP contribution >= 0.6 is 0 Å². The highest BCUT2D eigenvalue weighted by Gasteiger charge is 1.96. The van der Waals surface area contributed by atoms with Gasteiger partial charge in [-0.3, -0.25) is 4.79 Å². The van der Waals surface area contributed by atoms with Crippen LogP contribution in [0, 0.1) is 0 Å². The summed E-state index contributed by atoms with van der Waals surface area (Å²) in [5.41, 5.74) is 0. The van der Waals surface area contributed by atoms with Gasteiger partial charge < -0.3 is 10.6 Å². The van der Waals surface area contributed by atoms with Crippen LogP contribution in [0.5, 0.6) is 0 Å². The van der Waals surface area contributed by atoms with Crippen LogP contribution in [0.2, 0.25) is 0 Å². The van der Waals surface area contributed by atoms with Crippen molar-refractivity contribution in [1.82, 2.24) is 10.6 Å². The lowest BCUT2D eigenvalue weighted by molar-refractivity contribution is -0.120. The minimum absolute atomic E-state index is 0.143. The summed E-state index contributed by atoms with van der Waals surface area (Å²) in [7, 11) is 1.69. The molecule has 0 aromatic heterocycles. The number of hydrogen-bond donors (Lipinski definition) is 2. The number of nitrogens with one attached hydrogen (secondary N) is 2. The minimum atomic E-state index is 0.143. The third-order valence-electron chi connectivity index (χ3n) is 3.49. The number of carbonyl (C=O) groups excluding carboxylic acids is 1. The van der Waals surface area contributed by atoms with E-state index in [1.165, 1.54) is 57.8 Å². The summed E-state index contributed by atoms with van der Waals surface area (Å²) in [5.74, 6) is 0.143. The second kappa shape index (κ2) is 15.5. The lowest BCUT2D eigenvalue weighted by Gasteiger charge is -2.05. The van der Waals surface area contributed by atoms with Gasteiger partial charge in [0, 0.05) is 13.5 Å². The van der Waals surface area contributed by atoms with Crippen molar-refractivity contribution in [1.29, 1.82) is 0 Å². The molecule has 2 N–H and O–H groups in total. The molecule has 1 amide bonds. The highest BCUT2D eigenvalue weighted by Crippen LogP contribution is 2.09. The van der Waals surface area contributed by atoms with Crippen molar-refractivity contribution in [3.8, 4) is 0 Å². The fraction of sp³-hybridized carbons (Fsp3) is 0.938. The molecular formula is C16H34N2O. The zero-order valence-corrected chi connectivity index (χ0v) is 13.1. The molecule has 0 aromatic rings. The molecular weight excluding hydrogens is 236 g/mol. The van der Waals surface area contributed by atoms with Gasteiger partial charge in [-0.25, -0.2) is 0 Å². The van der Waals surface area contributed by atoms with E-state index in [9.17, 15) is 4.79 Å². The first-order valence-electron chi connectivity index (χ1n) is 8.22. The highest BCUT2D eigenvalue weighted by molar-refractivity contribution is 5.75. The molecule has 114 valence electrons. The Kier molecular flexibility index (Phi) is 15.0. The topological polar surface area (TPSA) is 41.1 Å². The Hall–Kier alpha value is -0.570. The average molecular weight is 270 g/mol. The minimum Gasteiger partial charge on any atom is -0.359 e. The fourth-order valence-corrected chi connectivity index (χ4v) is 2.18. The third kappa shape index (κ3) is 15.4. The fourth-order valence-electron chi connectivity index (χ4n) is 2.18. The summed E-state index contributed by atoms with van der Waals surface area (Å²) in [5, 5.41) is 6.05. The van der Waals surface area contributed by atoms with E-state index in [0.717, 1.165) is 19.5 Å². The Balaban J connectivity index is 2.97. The second-order valence-electron chi connectivity index (χ2n) is 5.36. The van der Waals surface area contributed by atoms with Crippen LogP contribution in [0.3, 0.4) is 0 Å². The van der Waals surface area contributed by atoms with Crippen LogP contribution in [-0.2, 0) is 4.79 Å². The van der Waals surface area contributed by atoms with E-state index in [-0.39, 0.29) is 5.91 Å². The molecule has 0 saturated heterocycles. The van der Waals surface area contributed by atoms with Gasteiger partial charge in [-0.1, -0.05) is 58.3 Å². The largest absolute Gasteiger partial charge is 0.359 e. The zero-order chi connectivity index (χ0) is 14.2. The van der Waals surface area contributed by atoms with Crippen LogP contribution in [0.25, 0.3) is 0 Å². The normalized spacial score (nSPS) is 10.6. The van der Waals surface area contributed by atoms with Crippen molar-refractivity contribution in [3.63, 3.8) is 0 Å². The number of carbonyl (C=O) groups is 1. The van der Waals surface area contributed by atoms with Crippen molar-refractivity contribution in [2.24, 2.45) is 0 Å². The van der Waals surface area contributed by atoms with Gasteiger partial charge in [0.2, 0.25) is 5.91 Å². The molecule has 0 bridgehead atoms. The summed E-state index contributed by atoms with van der Waals surface area (Å²) in [6, 6.07) is 0. The molecule has 0 aliphatic heterocycles. The van der Waals surface area contributed by atoms with Gasteiger partial charge in [0.1, 0.15) is 0 Å². The molecule has 0 atom stereocenters. The van der Waals surface area contributed by atoms with Crippen LogP contribution in [0.15, 0.2) is 0 Å². The first kappa shape index (κ1) is 18.4. The van der Waals surface area contributed by atoms with E-state index in [2.05, 4.69) is 17.6 Å². The van der Waals surface area contributed by atoms with Gasteiger partial charge in [-0.2, -0.15) is 0 Å². The van der Waals surface area contributed by atoms with Gasteiger partial charge in [-0.15, -0.1) is 0 Å². The number of rotatable bonds is 14. The summed E-state index contributed by atoms with van der Waals surface area (Å²) in [6.07, 6.45) is 14.0. The maximum atomic E-state index is 11.0. The number of amides is 1. The molecule has 0 radical (unpaired) electrons. The van der Waals surface area contributed by atoms with Crippen LogP contribution < -0.4 is 10.6 Å². The monoisotopic (exact) mass is 270 g/mol. The van der Waals surface area contributed by atoms with Crippen LogP contribution in [-0.4, -0.2) is 26.0 Å². The molecule has 3 heteroatoms. The molecule has 0 fully saturated rings. The Morgan fingerprint density at radius 3 is 1.89 bits per heavy atom. The molecule has 3 nitrogen and oxygen atoms in total. The smallest absolute Gasteiger partial charge is 0.219 e. The predicted molar refractivity (Wildman–Crippen MR) is 83.4 cm³/mol. The van der Waals surface area contributed by atoms with Crippen LogP contribution in [0.1, 0.15) is 77.6 Å².